The van der Waals surface area contributed by atoms with Gasteiger partial charge in [0.25, 0.3) is 0 Å². The van der Waals surface area contributed by atoms with E-state index in [4.69, 9.17) is 10.5 Å². The van der Waals surface area contributed by atoms with Crippen molar-refractivity contribution in [1.29, 1.82) is 0 Å². The lowest BCUT2D eigenvalue weighted by molar-refractivity contribution is -0.116. The maximum Gasteiger partial charge on any atom is 0.224 e. The lowest BCUT2D eigenvalue weighted by atomic mass is 10.0. The zero-order chi connectivity index (χ0) is 16.1. The van der Waals surface area contributed by atoms with Gasteiger partial charge in [-0.15, -0.1) is 0 Å². The molecule has 0 radical (unpaired) electrons. The van der Waals surface area contributed by atoms with Crippen LogP contribution in [0.3, 0.4) is 0 Å². The van der Waals surface area contributed by atoms with E-state index in [0.29, 0.717) is 30.0 Å². The molecule has 0 atom stereocenters. The molecule has 0 unspecified atom stereocenters. The molecule has 4 nitrogen and oxygen atoms in total. The lowest BCUT2D eigenvalue weighted by Crippen LogP contribution is -2.14. The normalized spacial score (nSPS) is 10.3. The maximum absolute atomic E-state index is 12.1. The smallest absolute Gasteiger partial charge is 0.224 e. The van der Waals surface area contributed by atoms with Gasteiger partial charge in [0.1, 0.15) is 5.75 Å². The molecule has 116 valence electrons. The molecule has 0 aliphatic rings. The highest BCUT2D eigenvalue weighted by atomic mass is 16.5. The molecule has 0 bridgehead atoms. The summed E-state index contributed by atoms with van der Waals surface area (Å²) in [5.41, 5.74) is 10.6. The highest BCUT2D eigenvalue weighted by Gasteiger charge is 2.08. The Morgan fingerprint density at radius 1 is 1.18 bits per heavy atom. The van der Waals surface area contributed by atoms with E-state index in [9.17, 15) is 4.79 Å². The van der Waals surface area contributed by atoms with Crippen LogP contribution in [-0.2, 0) is 11.2 Å². The van der Waals surface area contributed by atoms with Gasteiger partial charge in [-0.2, -0.15) is 0 Å². The van der Waals surface area contributed by atoms with Crippen molar-refractivity contribution >= 4 is 17.3 Å². The van der Waals surface area contributed by atoms with Crippen LogP contribution in [0.1, 0.15) is 23.1 Å². The molecule has 2 rings (SSSR count). The Morgan fingerprint density at radius 3 is 2.64 bits per heavy atom. The molecule has 0 heterocycles. The van der Waals surface area contributed by atoms with Gasteiger partial charge in [0, 0.05) is 12.5 Å². The minimum atomic E-state index is -0.0556. The van der Waals surface area contributed by atoms with Crippen LogP contribution in [0.5, 0.6) is 5.75 Å². The van der Waals surface area contributed by atoms with Crippen LogP contribution < -0.4 is 15.8 Å². The molecule has 2 aromatic carbocycles. The van der Waals surface area contributed by atoms with Crippen molar-refractivity contribution in [2.45, 2.75) is 26.7 Å². The number of anilines is 2. The van der Waals surface area contributed by atoms with E-state index in [2.05, 4.69) is 37.4 Å². The molecule has 0 fully saturated rings. The largest absolute Gasteiger partial charge is 0.497 e. The van der Waals surface area contributed by atoms with Crippen molar-refractivity contribution < 1.29 is 9.53 Å². The summed E-state index contributed by atoms with van der Waals surface area (Å²) in [5.74, 6) is 0.610. The van der Waals surface area contributed by atoms with Crippen molar-refractivity contribution in [3.8, 4) is 5.75 Å². The third-order valence-electron chi connectivity index (χ3n) is 3.65. The standard InChI is InChI=1S/C18H22N2O2/c1-12-4-5-14(13(2)10-12)6-9-18(21)20-17-11-15(22-3)7-8-16(17)19/h4-5,7-8,10-11H,6,9,19H2,1-3H3,(H,20,21). The minimum Gasteiger partial charge on any atom is -0.497 e. The van der Waals surface area contributed by atoms with E-state index in [0.717, 1.165) is 0 Å². The Bertz CT molecular complexity index is 681. The van der Waals surface area contributed by atoms with Gasteiger partial charge in [-0.1, -0.05) is 23.8 Å². The molecule has 22 heavy (non-hydrogen) atoms. The number of hydrogen-bond acceptors (Lipinski definition) is 3. The average Bonchev–Trinajstić information content (AvgIpc) is 2.48. The van der Waals surface area contributed by atoms with E-state index in [1.807, 2.05) is 0 Å². The van der Waals surface area contributed by atoms with E-state index in [-0.39, 0.29) is 5.91 Å². The van der Waals surface area contributed by atoms with Crippen LogP contribution in [-0.4, -0.2) is 13.0 Å². The van der Waals surface area contributed by atoms with Crippen molar-refractivity contribution in [2.24, 2.45) is 0 Å². The van der Waals surface area contributed by atoms with Crippen LogP contribution in [0.2, 0.25) is 0 Å². The number of methoxy groups -OCH3 is 1. The van der Waals surface area contributed by atoms with Gasteiger partial charge in [-0.05, 0) is 43.5 Å². The molecular weight excluding hydrogens is 276 g/mol. The third-order valence-corrected chi connectivity index (χ3v) is 3.65. The molecule has 0 aliphatic heterocycles. The predicted molar refractivity (Wildman–Crippen MR) is 90.3 cm³/mol. The molecule has 0 saturated carbocycles. The summed E-state index contributed by atoms with van der Waals surface area (Å²) in [6, 6.07) is 11.5. The first-order valence-electron chi connectivity index (χ1n) is 7.29. The van der Waals surface area contributed by atoms with Gasteiger partial charge in [-0.25, -0.2) is 0 Å². The number of carbonyl (C=O) groups excluding carboxylic acids is 1. The summed E-state index contributed by atoms with van der Waals surface area (Å²) in [7, 11) is 1.58. The van der Waals surface area contributed by atoms with Crippen LogP contribution in [0, 0.1) is 13.8 Å². The van der Waals surface area contributed by atoms with Crippen LogP contribution in [0.4, 0.5) is 11.4 Å². The second-order valence-corrected chi connectivity index (χ2v) is 5.43. The van der Waals surface area contributed by atoms with Gasteiger partial charge in [0.15, 0.2) is 0 Å². The van der Waals surface area contributed by atoms with E-state index >= 15 is 0 Å². The molecule has 0 spiro atoms. The number of hydrogen-bond donors (Lipinski definition) is 2. The monoisotopic (exact) mass is 298 g/mol. The fraction of sp³-hybridized carbons (Fsp3) is 0.278. The number of nitrogens with two attached hydrogens (primary N) is 1. The van der Waals surface area contributed by atoms with Crippen molar-refractivity contribution in [3.63, 3.8) is 0 Å². The molecule has 4 heteroatoms. The predicted octanol–water partition coefficient (Wildman–Crippen LogP) is 3.47. The lowest BCUT2D eigenvalue weighted by Gasteiger charge is -2.11. The summed E-state index contributed by atoms with van der Waals surface area (Å²) in [6.07, 6.45) is 1.13. The fourth-order valence-electron chi connectivity index (χ4n) is 2.36. The molecule has 2 aromatic rings. The first kappa shape index (κ1) is 15.9. The zero-order valence-electron chi connectivity index (χ0n) is 13.3. The van der Waals surface area contributed by atoms with E-state index in [1.165, 1.54) is 16.7 Å². The highest BCUT2D eigenvalue weighted by molar-refractivity contribution is 5.94. The fourth-order valence-corrected chi connectivity index (χ4v) is 2.36. The summed E-state index contributed by atoms with van der Waals surface area (Å²) in [5, 5.41) is 2.84. The number of benzene rings is 2. The Kier molecular flexibility index (Phi) is 5.04. The van der Waals surface area contributed by atoms with Crippen LogP contribution in [0.15, 0.2) is 36.4 Å². The summed E-state index contributed by atoms with van der Waals surface area (Å²) in [6.45, 7) is 4.13. The first-order chi connectivity index (χ1) is 10.5. The second-order valence-electron chi connectivity index (χ2n) is 5.43. The number of carbonyl (C=O) groups is 1. The number of aryl methyl sites for hydroxylation is 3. The summed E-state index contributed by atoms with van der Waals surface area (Å²) < 4.78 is 5.14. The van der Waals surface area contributed by atoms with Gasteiger partial charge in [0.05, 0.1) is 18.5 Å². The van der Waals surface area contributed by atoms with Crippen molar-refractivity contribution in [3.05, 3.63) is 53.1 Å². The number of nitrogens with one attached hydrogen (secondary N) is 1. The van der Waals surface area contributed by atoms with Crippen molar-refractivity contribution in [2.75, 3.05) is 18.2 Å². The maximum atomic E-state index is 12.1. The topological polar surface area (TPSA) is 64.3 Å². The van der Waals surface area contributed by atoms with E-state index < -0.39 is 0 Å². The number of ether oxygens (including phenoxy) is 1. The molecule has 0 aliphatic carbocycles. The van der Waals surface area contributed by atoms with Gasteiger partial charge >= 0.3 is 0 Å². The second kappa shape index (κ2) is 6.98. The van der Waals surface area contributed by atoms with Gasteiger partial charge < -0.3 is 15.8 Å². The molecule has 1 amide bonds. The molecule has 0 aromatic heterocycles. The number of amides is 1. The highest BCUT2D eigenvalue weighted by Crippen LogP contribution is 2.24. The van der Waals surface area contributed by atoms with Crippen LogP contribution in [0.25, 0.3) is 0 Å². The van der Waals surface area contributed by atoms with Crippen molar-refractivity contribution in [1.82, 2.24) is 0 Å². The summed E-state index contributed by atoms with van der Waals surface area (Å²) >= 11 is 0. The average molecular weight is 298 g/mol. The first-order valence-corrected chi connectivity index (χ1v) is 7.29. The Labute approximate surface area is 131 Å². The minimum absolute atomic E-state index is 0.0556. The Morgan fingerprint density at radius 2 is 1.95 bits per heavy atom. The Hall–Kier alpha value is -2.49. The van der Waals surface area contributed by atoms with E-state index in [1.54, 1.807) is 25.3 Å². The molecule has 0 saturated heterocycles. The van der Waals surface area contributed by atoms with Gasteiger partial charge in [-0.3, -0.25) is 4.79 Å². The Balaban J connectivity index is 1.98. The number of rotatable bonds is 5. The summed E-state index contributed by atoms with van der Waals surface area (Å²) in [4.78, 5) is 12.1. The quantitative estimate of drug-likeness (QED) is 0.831. The molecule has 3 N–H and O–H groups in total. The zero-order valence-corrected chi connectivity index (χ0v) is 13.3. The number of nitrogen functional groups attached to an aromatic ring is 1. The van der Waals surface area contributed by atoms with Crippen LogP contribution >= 0.6 is 0 Å². The van der Waals surface area contributed by atoms with Gasteiger partial charge in [0.2, 0.25) is 5.91 Å². The third kappa shape index (κ3) is 4.01. The molecular formula is C18H22N2O2. The SMILES string of the molecule is COc1ccc(N)c(NC(=O)CCc2ccc(C)cc2C)c1.